The highest BCUT2D eigenvalue weighted by Gasteiger charge is 2.42. The number of nitrogens with zero attached hydrogens (tertiary/aromatic N) is 1. The molecule has 8 heteroatoms. The van der Waals surface area contributed by atoms with Crippen molar-refractivity contribution in [2.75, 3.05) is 0 Å². The van der Waals surface area contributed by atoms with Crippen molar-refractivity contribution in [3.05, 3.63) is 46.6 Å². The molecule has 0 radical (unpaired) electrons. The van der Waals surface area contributed by atoms with Gasteiger partial charge in [-0.25, -0.2) is 12.8 Å². The van der Waals surface area contributed by atoms with E-state index in [1.54, 1.807) is 6.07 Å². The highest BCUT2D eigenvalue weighted by atomic mass is 35.5. The van der Waals surface area contributed by atoms with Crippen molar-refractivity contribution in [2.45, 2.75) is 56.1 Å². The van der Waals surface area contributed by atoms with Crippen molar-refractivity contribution in [1.29, 1.82) is 0 Å². The Morgan fingerprint density at radius 1 is 1.19 bits per heavy atom. The highest BCUT2D eigenvalue weighted by molar-refractivity contribution is 7.93. The number of Topliss-reactive ketones (excluding diaryl/α,β-unsaturated/α-hetero) is 1. The number of carbonyl (C=O) groups excluding carboxylic acids is 1. The molecule has 1 heterocycles. The minimum Gasteiger partial charge on any atom is -0.361 e. The molecule has 1 aromatic heterocycles. The van der Waals surface area contributed by atoms with Gasteiger partial charge < -0.3 is 4.52 Å². The fourth-order valence-corrected chi connectivity index (χ4v) is 3.94. The molecule has 1 aromatic carbocycles. The van der Waals surface area contributed by atoms with Gasteiger partial charge in [0.1, 0.15) is 16.3 Å². The van der Waals surface area contributed by atoms with Crippen LogP contribution in [0.2, 0.25) is 5.02 Å². The van der Waals surface area contributed by atoms with Crippen LogP contribution in [0.5, 0.6) is 0 Å². The van der Waals surface area contributed by atoms with Crippen LogP contribution in [0.25, 0.3) is 0 Å². The topological polar surface area (TPSA) is 77.2 Å². The van der Waals surface area contributed by atoms with Crippen molar-refractivity contribution < 1.29 is 22.1 Å². The van der Waals surface area contributed by atoms with E-state index in [1.807, 2.05) is 20.8 Å². The lowest BCUT2D eigenvalue weighted by atomic mass is 9.92. The summed E-state index contributed by atoms with van der Waals surface area (Å²) >= 11 is 5.68. The first-order chi connectivity index (χ1) is 11.8. The number of hydrogen-bond acceptors (Lipinski definition) is 5. The zero-order valence-corrected chi connectivity index (χ0v) is 16.8. The molecule has 142 valence electrons. The number of benzene rings is 1. The first-order valence-electron chi connectivity index (χ1n) is 7.96. The SMILES string of the molecule is CC(C)(C)c1cc(CC(=O)C(C)(C)S(=O)(=O)c2ccc(F)c(Cl)c2)no1. The number of sulfone groups is 1. The lowest BCUT2D eigenvalue weighted by Crippen LogP contribution is -2.41. The average Bonchev–Trinajstić information content (AvgIpc) is 2.98. The van der Waals surface area contributed by atoms with Gasteiger partial charge in [0.25, 0.3) is 0 Å². The zero-order valence-electron chi connectivity index (χ0n) is 15.3. The molecule has 0 N–H and O–H groups in total. The number of hydrogen-bond donors (Lipinski definition) is 0. The maximum atomic E-state index is 13.3. The van der Waals surface area contributed by atoms with E-state index >= 15 is 0 Å². The summed E-state index contributed by atoms with van der Waals surface area (Å²) in [5.41, 5.74) is 0.0844. The molecule has 0 aliphatic rings. The van der Waals surface area contributed by atoms with Gasteiger partial charge in [-0.1, -0.05) is 37.5 Å². The minimum absolute atomic E-state index is 0.194. The standard InChI is InChI=1S/C18H21ClFNO4S/c1-17(2,3)16-9-11(21-25-16)8-15(22)18(4,5)26(23,24)12-6-7-14(20)13(19)10-12/h6-7,9-10H,8H2,1-5H3. The minimum atomic E-state index is -4.08. The van der Waals surface area contributed by atoms with Crippen LogP contribution >= 0.6 is 11.6 Å². The Balaban J connectivity index is 2.31. The molecule has 0 spiro atoms. The fraction of sp³-hybridized carbons (Fsp3) is 0.444. The van der Waals surface area contributed by atoms with Crippen LogP contribution in [0, 0.1) is 5.82 Å². The summed E-state index contributed by atoms with van der Waals surface area (Å²) in [5.74, 6) is -0.676. The van der Waals surface area contributed by atoms with Crippen LogP contribution in [0.15, 0.2) is 33.7 Å². The fourth-order valence-electron chi connectivity index (χ4n) is 2.21. The second-order valence-electron chi connectivity index (χ2n) is 7.62. The van der Waals surface area contributed by atoms with E-state index in [4.69, 9.17) is 16.1 Å². The Hall–Kier alpha value is -1.73. The highest BCUT2D eigenvalue weighted by Crippen LogP contribution is 2.30. The Morgan fingerprint density at radius 3 is 2.31 bits per heavy atom. The van der Waals surface area contributed by atoms with Gasteiger partial charge in [-0.3, -0.25) is 4.79 Å². The molecule has 2 rings (SSSR count). The van der Waals surface area contributed by atoms with Crippen LogP contribution in [-0.2, 0) is 26.5 Å². The van der Waals surface area contributed by atoms with E-state index in [9.17, 15) is 17.6 Å². The van der Waals surface area contributed by atoms with E-state index in [-0.39, 0.29) is 21.8 Å². The number of rotatable bonds is 5. The molecule has 26 heavy (non-hydrogen) atoms. The number of halogens is 2. The Labute approximate surface area is 157 Å². The maximum Gasteiger partial charge on any atom is 0.190 e. The largest absolute Gasteiger partial charge is 0.361 e. The van der Waals surface area contributed by atoms with Crippen LogP contribution in [0.4, 0.5) is 4.39 Å². The average molecular weight is 402 g/mol. The predicted octanol–water partition coefficient (Wildman–Crippen LogP) is 4.13. The van der Waals surface area contributed by atoms with E-state index in [2.05, 4.69) is 5.16 Å². The monoisotopic (exact) mass is 401 g/mol. The molecule has 0 saturated carbocycles. The van der Waals surface area contributed by atoms with Crippen molar-refractivity contribution in [3.63, 3.8) is 0 Å². The molecular formula is C18H21ClFNO4S. The van der Waals surface area contributed by atoms with Gasteiger partial charge in [0.15, 0.2) is 15.6 Å². The second-order valence-corrected chi connectivity index (χ2v) is 10.5. The zero-order chi connectivity index (χ0) is 19.9. The van der Waals surface area contributed by atoms with Gasteiger partial charge in [0.05, 0.1) is 22.0 Å². The normalized spacial score (nSPS) is 13.0. The van der Waals surface area contributed by atoms with Gasteiger partial charge in [0, 0.05) is 11.5 Å². The van der Waals surface area contributed by atoms with E-state index in [0.29, 0.717) is 11.5 Å². The number of aromatic nitrogens is 1. The van der Waals surface area contributed by atoms with Gasteiger partial charge in [-0.15, -0.1) is 0 Å². The quantitative estimate of drug-likeness (QED) is 0.704. The second kappa shape index (κ2) is 6.78. The van der Waals surface area contributed by atoms with Crippen molar-refractivity contribution >= 4 is 27.2 Å². The van der Waals surface area contributed by atoms with Crippen LogP contribution in [-0.4, -0.2) is 24.1 Å². The number of carbonyl (C=O) groups is 1. The Bertz CT molecular complexity index is 942. The molecule has 0 aliphatic heterocycles. The van der Waals surface area contributed by atoms with E-state index in [0.717, 1.165) is 18.2 Å². The van der Waals surface area contributed by atoms with Gasteiger partial charge in [0.2, 0.25) is 0 Å². The first-order valence-corrected chi connectivity index (χ1v) is 9.82. The van der Waals surface area contributed by atoms with Crippen LogP contribution in [0.3, 0.4) is 0 Å². The summed E-state index contributed by atoms with van der Waals surface area (Å²) in [7, 11) is -4.08. The van der Waals surface area contributed by atoms with Crippen molar-refractivity contribution in [2.24, 2.45) is 0 Å². The predicted molar refractivity (Wildman–Crippen MR) is 96.6 cm³/mol. The Morgan fingerprint density at radius 2 is 1.81 bits per heavy atom. The molecule has 2 aromatic rings. The van der Waals surface area contributed by atoms with Crippen molar-refractivity contribution in [3.8, 4) is 0 Å². The summed E-state index contributed by atoms with van der Waals surface area (Å²) in [4.78, 5) is 12.5. The van der Waals surface area contributed by atoms with Crippen molar-refractivity contribution in [1.82, 2.24) is 5.16 Å². The Kier molecular flexibility index (Phi) is 5.36. The lowest BCUT2D eigenvalue weighted by molar-refractivity contribution is -0.120. The first kappa shape index (κ1) is 20.6. The lowest BCUT2D eigenvalue weighted by Gasteiger charge is -2.23. The molecule has 5 nitrogen and oxygen atoms in total. The third kappa shape index (κ3) is 3.83. The molecule has 0 unspecified atom stereocenters. The molecule has 0 amide bonds. The summed E-state index contributed by atoms with van der Waals surface area (Å²) in [6.07, 6.45) is -0.194. The third-order valence-corrected chi connectivity index (χ3v) is 6.92. The molecule has 0 aliphatic carbocycles. The third-order valence-electron chi connectivity index (χ3n) is 4.18. The molecule has 0 saturated heterocycles. The molecule has 0 atom stereocenters. The maximum absolute atomic E-state index is 13.3. The summed E-state index contributed by atoms with van der Waals surface area (Å²) in [5, 5.41) is 3.54. The smallest absolute Gasteiger partial charge is 0.190 e. The molecular weight excluding hydrogens is 381 g/mol. The molecule has 0 bridgehead atoms. The van der Waals surface area contributed by atoms with Gasteiger partial charge in [-0.05, 0) is 32.0 Å². The van der Waals surface area contributed by atoms with Gasteiger partial charge in [-0.2, -0.15) is 0 Å². The number of ketones is 1. The summed E-state index contributed by atoms with van der Waals surface area (Å²) < 4.78 is 42.5. The van der Waals surface area contributed by atoms with Crippen LogP contribution < -0.4 is 0 Å². The van der Waals surface area contributed by atoms with E-state index in [1.165, 1.54) is 13.8 Å². The molecule has 0 fully saturated rings. The van der Waals surface area contributed by atoms with Crippen LogP contribution in [0.1, 0.15) is 46.1 Å². The summed E-state index contributed by atoms with van der Waals surface area (Å²) in [6.45, 7) is 8.43. The summed E-state index contributed by atoms with van der Waals surface area (Å²) in [6, 6.07) is 4.72. The van der Waals surface area contributed by atoms with Gasteiger partial charge >= 0.3 is 0 Å². The van der Waals surface area contributed by atoms with E-state index < -0.39 is 26.2 Å².